The van der Waals surface area contributed by atoms with E-state index in [4.69, 9.17) is 17.0 Å². The van der Waals surface area contributed by atoms with E-state index < -0.39 is 5.97 Å². The summed E-state index contributed by atoms with van der Waals surface area (Å²) in [5.41, 5.74) is 6.20. The molecule has 1 aromatic carbocycles. The predicted molar refractivity (Wildman–Crippen MR) is 109 cm³/mol. The predicted octanol–water partition coefficient (Wildman–Crippen LogP) is 3.69. The van der Waals surface area contributed by atoms with Gasteiger partial charge in [-0.05, 0) is 31.3 Å². The third-order valence-electron chi connectivity index (χ3n) is 3.50. The molecule has 0 unspecified atom stereocenters. The first-order valence-electron chi connectivity index (χ1n) is 7.52. The topological polar surface area (TPSA) is 79.5 Å². The van der Waals surface area contributed by atoms with E-state index in [1.807, 2.05) is 31.2 Å². The summed E-state index contributed by atoms with van der Waals surface area (Å²) < 4.78 is 5.79. The number of hydrazine groups is 1. The highest BCUT2D eigenvalue weighted by molar-refractivity contribution is 7.80. The molecule has 0 aliphatic carbocycles. The second-order valence-electron chi connectivity index (χ2n) is 5.27. The fourth-order valence-corrected chi connectivity index (χ4v) is 4.40. The van der Waals surface area contributed by atoms with Gasteiger partial charge in [0.15, 0.2) is 5.11 Å². The average molecular weight is 406 g/mol. The van der Waals surface area contributed by atoms with Crippen LogP contribution >= 0.6 is 34.9 Å². The highest BCUT2D eigenvalue weighted by Gasteiger charge is 2.17. The summed E-state index contributed by atoms with van der Waals surface area (Å²) in [6.07, 6.45) is 0. The number of carbonyl (C=O) groups is 2. The van der Waals surface area contributed by atoms with Crippen LogP contribution in [0.15, 0.2) is 35.7 Å². The Bertz CT molecular complexity index is 993. The number of benzene rings is 1. The smallest absolute Gasteiger partial charge is 0.340 e. The molecule has 6 nitrogen and oxygen atoms in total. The van der Waals surface area contributed by atoms with Crippen molar-refractivity contribution in [2.24, 2.45) is 0 Å². The van der Waals surface area contributed by atoms with Crippen molar-refractivity contribution in [2.75, 3.05) is 12.4 Å². The molecular weight excluding hydrogens is 390 g/mol. The summed E-state index contributed by atoms with van der Waals surface area (Å²) in [7, 11) is 1.32. The largest absolute Gasteiger partial charge is 0.465 e. The minimum Gasteiger partial charge on any atom is -0.465 e. The molecule has 2 heterocycles. The summed E-state index contributed by atoms with van der Waals surface area (Å²) in [5.74, 6) is -0.740. The number of rotatable bonds is 3. The number of thiocarbonyl (C=S) groups is 1. The molecule has 3 aromatic rings. The molecule has 1 amide bonds. The quantitative estimate of drug-likeness (QED) is 0.350. The molecular formula is C17H15N3O3S3. The van der Waals surface area contributed by atoms with Gasteiger partial charge in [0.05, 0.1) is 18.2 Å². The summed E-state index contributed by atoms with van der Waals surface area (Å²) in [6.45, 7) is 1.88. The van der Waals surface area contributed by atoms with Crippen LogP contribution in [0.4, 0.5) is 5.00 Å². The van der Waals surface area contributed by atoms with Crippen LogP contribution in [0.1, 0.15) is 25.6 Å². The van der Waals surface area contributed by atoms with Crippen molar-refractivity contribution in [2.45, 2.75) is 6.92 Å². The first kappa shape index (κ1) is 18.3. The summed E-state index contributed by atoms with van der Waals surface area (Å²) >= 11 is 8.06. The van der Waals surface area contributed by atoms with Gasteiger partial charge in [0, 0.05) is 20.3 Å². The van der Waals surface area contributed by atoms with Gasteiger partial charge < -0.3 is 10.1 Å². The van der Waals surface area contributed by atoms with Gasteiger partial charge in [-0.2, -0.15) is 0 Å². The van der Waals surface area contributed by atoms with Crippen LogP contribution in [0.2, 0.25) is 0 Å². The molecule has 3 rings (SSSR count). The number of ether oxygens (including phenoxy) is 1. The van der Waals surface area contributed by atoms with Crippen LogP contribution in [0.25, 0.3) is 10.1 Å². The maximum atomic E-state index is 12.4. The Morgan fingerprint density at radius 2 is 1.92 bits per heavy atom. The zero-order valence-corrected chi connectivity index (χ0v) is 16.4. The Morgan fingerprint density at radius 3 is 2.69 bits per heavy atom. The van der Waals surface area contributed by atoms with Crippen molar-refractivity contribution >= 4 is 67.0 Å². The minimum absolute atomic E-state index is 0.171. The Balaban J connectivity index is 1.64. The molecule has 0 bridgehead atoms. The van der Waals surface area contributed by atoms with E-state index in [2.05, 4.69) is 16.2 Å². The number of aryl methyl sites for hydroxylation is 1. The molecule has 3 N–H and O–H groups in total. The molecule has 9 heteroatoms. The fourth-order valence-electron chi connectivity index (χ4n) is 2.34. The molecule has 0 fully saturated rings. The Kier molecular flexibility index (Phi) is 5.50. The number of anilines is 1. The van der Waals surface area contributed by atoms with E-state index in [-0.39, 0.29) is 11.0 Å². The molecule has 0 saturated carbocycles. The van der Waals surface area contributed by atoms with Gasteiger partial charge in [-0.25, -0.2) is 4.79 Å². The second kappa shape index (κ2) is 7.81. The van der Waals surface area contributed by atoms with Gasteiger partial charge in [-0.15, -0.1) is 22.7 Å². The number of carbonyl (C=O) groups excluding carboxylic acids is 2. The maximum Gasteiger partial charge on any atom is 0.340 e. The molecule has 0 atom stereocenters. The normalized spacial score (nSPS) is 10.4. The number of methoxy groups -OCH3 is 1. The van der Waals surface area contributed by atoms with E-state index in [0.717, 1.165) is 15.0 Å². The SMILES string of the molecule is COC(=O)c1cc(C)sc1NC(=S)NNC(=O)c1csc2ccccc12. The van der Waals surface area contributed by atoms with E-state index in [0.29, 0.717) is 16.1 Å². The van der Waals surface area contributed by atoms with Crippen molar-refractivity contribution in [1.29, 1.82) is 0 Å². The van der Waals surface area contributed by atoms with Crippen LogP contribution in [0, 0.1) is 6.92 Å². The van der Waals surface area contributed by atoms with Gasteiger partial charge >= 0.3 is 5.97 Å². The zero-order valence-electron chi connectivity index (χ0n) is 13.9. The van der Waals surface area contributed by atoms with Crippen molar-refractivity contribution < 1.29 is 14.3 Å². The van der Waals surface area contributed by atoms with Crippen molar-refractivity contribution in [1.82, 2.24) is 10.9 Å². The lowest BCUT2D eigenvalue weighted by Gasteiger charge is -2.11. The van der Waals surface area contributed by atoms with Gasteiger partial charge in [-0.1, -0.05) is 18.2 Å². The monoisotopic (exact) mass is 405 g/mol. The van der Waals surface area contributed by atoms with Crippen LogP contribution in [-0.2, 0) is 4.74 Å². The standard InChI is InChI=1S/C17H15N3O3S3/c1-9-7-11(16(22)23-2)15(26-9)18-17(24)20-19-14(21)12-8-25-13-6-4-3-5-10(12)13/h3-8H,1-2H3,(H,19,21)(H2,18,20,24). The average Bonchev–Trinajstić information content (AvgIpc) is 3.22. The summed E-state index contributed by atoms with van der Waals surface area (Å²) in [4.78, 5) is 25.1. The minimum atomic E-state index is -0.451. The van der Waals surface area contributed by atoms with Gasteiger partial charge in [0.25, 0.3) is 5.91 Å². The fraction of sp³-hybridized carbons (Fsp3) is 0.118. The first-order valence-corrected chi connectivity index (χ1v) is 9.62. The summed E-state index contributed by atoms with van der Waals surface area (Å²) in [6, 6.07) is 9.40. The third kappa shape index (κ3) is 3.85. The summed E-state index contributed by atoms with van der Waals surface area (Å²) in [5, 5.41) is 6.33. The van der Waals surface area contributed by atoms with Crippen molar-refractivity contribution in [3.05, 3.63) is 51.7 Å². The lowest BCUT2D eigenvalue weighted by atomic mass is 10.2. The number of hydrogen-bond donors (Lipinski definition) is 3. The number of amides is 1. The lowest BCUT2D eigenvalue weighted by Crippen LogP contribution is -2.43. The van der Waals surface area contributed by atoms with Crippen molar-refractivity contribution in [3.63, 3.8) is 0 Å². The lowest BCUT2D eigenvalue weighted by molar-refractivity contribution is 0.0602. The number of fused-ring (bicyclic) bond motifs is 1. The van der Waals surface area contributed by atoms with E-state index in [1.54, 1.807) is 11.4 Å². The van der Waals surface area contributed by atoms with E-state index in [1.165, 1.54) is 29.8 Å². The Hall–Kier alpha value is -2.49. The molecule has 0 spiro atoms. The van der Waals surface area contributed by atoms with Gasteiger partial charge in [-0.3, -0.25) is 15.6 Å². The maximum absolute atomic E-state index is 12.4. The van der Waals surface area contributed by atoms with Crippen molar-refractivity contribution in [3.8, 4) is 0 Å². The Morgan fingerprint density at radius 1 is 1.15 bits per heavy atom. The van der Waals surface area contributed by atoms with E-state index >= 15 is 0 Å². The highest BCUT2D eigenvalue weighted by Crippen LogP contribution is 2.28. The molecule has 2 aromatic heterocycles. The van der Waals surface area contributed by atoms with Crippen LogP contribution < -0.4 is 16.2 Å². The van der Waals surface area contributed by atoms with Crippen LogP contribution in [0.5, 0.6) is 0 Å². The number of hydrogen-bond acceptors (Lipinski definition) is 6. The Labute approximate surface area is 163 Å². The molecule has 134 valence electrons. The van der Waals surface area contributed by atoms with Gasteiger partial charge in [0.2, 0.25) is 0 Å². The third-order valence-corrected chi connectivity index (χ3v) is 5.64. The van der Waals surface area contributed by atoms with Crippen LogP contribution in [0.3, 0.4) is 0 Å². The molecule has 0 saturated heterocycles. The molecule has 26 heavy (non-hydrogen) atoms. The molecule has 0 aliphatic rings. The number of esters is 1. The van der Waals surface area contributed by atoms with Crippen LogP contribution in [-0.4, -0.2) is 24.1 Å². The first-order chi connectivity index (χ1) is 12.5. The second-order valence-corrected chi connectivity index (χ2v) is 7.85. The number of nitrogens with one attached hydrogen (secondary N) is 3. The van der Waals surface area contributed by atoms with E-state index in [9.17, 15) is 9.59 Å². The van der Waals surface area contributed by atoms with Gasteiger partial charge in [0.1, 0.15) is 5.00 Å². The highest BCUT2D eigenvalue weighted by atomic mass is 32.1. The molecule has 0 aliphatic heterocycles. The molecule has 0 radical (unpaired) electrons. The zero-order chi connectivity index (χ0) is 18.7. The number of thiophene rings is 2.